The molecule has 0 rings (SSSR count). The van der Waals surface area contributed by atoms with Crippen molar-refractivity contribution in [1.29, 1.82) is 0 Å². The number of hydrogen-bond donors (Lipinski definition) is 0. The van der Waals surface area contributed by atoms with Crippen molar-refractivity contribution in [2.75, 3.05) is 6.61 Å². The Balaban J connectivity index is 3.26. The predicted molar refractivity (Wildman–Crippen MR) is 37.5 cm³/mol. The van der Waals surface area contributed by atoms with Crippen LogP contribution < -0.4 is 0 Å². The molecule has 0 heterocycles. The maximum absolute atomic E-state index is 10.5. The van der Waals surface area contributed by atoms with E-state index < -0.39 is 6.16 Å². The summed E-state index contributed by atoms with van der Waals surface area (Å²) in [5, 5.41) is 0. The SMILES string of the molecule is [CH2][C@@H](C)OC(=O)OCCC. The summed E-state index contributed by atoms with van der Waals surface area (Å²) < 4.78 is 9.18. The fourth-order valence-corrected chi connectivity index (χ4v) is 0.384. The fourth-order valence-electron chi connectivity index (χ4n) is 0.384. The lowest BCUT2D eigenvalue weighted by Gasteiger charge is -2.06. The van der Waals surface area contributed by atoms with Crippen LogP contribution in [0, 0.1) is 6.92 Å². The lowest BCUT2D eigenvalue weighted by molar-refractivity contribution is 0.0414. The Morgan fingerprint density at radius 2 is 2.30 bits per heavy atom. The Bertz CT molecular complexity index is 99.0. The van der Waals surface area contributed by atoms with E-state index in [2.05, 4.69) is 16.4 Å². The molecular weight excluding hydrogens is 132 g/mol. The highest BCUT2D eigenvalue weighted by atomic mass is 16.7. The molecule has 59 valence electrons. The first-order valence-electron chi connectivity index (χ1n) is 3.33. The second-order valence-corrected chi connectivity index (χ2v) is 2.03. The van der Waals surface area contributed by atoms with Gasteiger partial charge in [0, 0.05) is 0 Å². The highest BCUT2D eigenvalue weighted by Crippen LogP contribution is 1.92. The summed E-state index contributed by atoms with van der Waals surface area (Å²) in [5.74, 6) is 0. The van der Waals surface area contributed by atoms with E-state index in [4.69, 9.17) is 0 Å². The summed E-state index contributed by atoms with van der Waals surface area (Å²) in [7, 11) is 0. The first-order valence-corrected chi connectivity index (χ1v) is 3.33. The normalized spacial score (nSPS) is 9.60. The van der Waals surface area contributed by atoms with E-state index >= 15 is 0 Å². The molecule has 0 bridgehead atoms. The lowest BCUT2D eigenvalue weighted by Crippen LogP contribution is -2.13. The largest absolute Gasteiger partial charge is 0.508 e. The maximum atomic E-state index is 10.5. The molecule has 1 radical (unpaired) electrons. The molecule has 0 aromatic rings. The number of carbonyl (C=O) groups excluding carboxylic acids is 1. The first kappa shape index (κ1) is 9.27. The van der Waals surface area contributed by atoms with Crippen molar-refractivity contribution in [3.05, 3.63) is 6.92 Å². The quantitative estimate of drug-likeness (QED) is 0.568. The molecule has 0 saturated carbocycles. The molecule has 10 heavy (non-hydrogen) atoms. The van der Waals surface area contributed by atoms with E-state index in [-0.39, 0.29) is 6.10 Å². The first-order chi connectivity index (χ1) is 4.66. The molecule has 0 aromatic carbocycles. The van der Waals surface area contributed by atoms with Gasteiger partial charge in [0.1, 0.15) is 6.10 Å². The van der Waals surface area contributed by atoms with Crippen LogP contribution in [-0.4, -0.2) is 18.9 Å². The van der Waals surface area contributed by atoms with Gasteiger partial charge in [-0.05, 0) is 20.3 Å². The Morgan fingerprint density at radius 3 is 2.70 bits per heavy atom. The van der Waals surface area contributed by atoms with E-state index in [1.807, 2.05) is 6.92 Å². The van der Waals surface area contributed by atoms with E-state index in [9.17, 15) is 4.79 Å². The molecule has 0 aromatic heterocycles. The summed E-state index contributed by atoms with van der Waals surface area (Å²) in [4.78, 5) is 10.5. The van der Waals surface area contributed by atoms with Crippen LogP contribution in [0.2, 0.25) is 0 Å². The van der Waals surface area contributed by atoms with Crippen molar-refractivity contribution in [3.8, 4) is 0 Å². The van der Waals surface area contributed by atoms with Crippen LogP contribution in [0.15, 0.2) is 0 Å². The average Bonchev–Trinajstić information content (AvgIpc) is 1.82. The third kappa shape index (κ3) is 5.41. The zero-order valence-corrected chi connectivity index (χ0v) is 6.42. The second-order valence-electron chi connectivity index (χ2n) is 2.03. The standard InChI is InChI=1S/C7H13O3/c1-4-5-9-7(8)10-6(2)3/h6H,2,4-5H2,1,3H3/t6-/m0/s1. The van der Waals surface area contributed by atoms with Gasteiger partial charge < -0.3 is 9.47 Å². The highest BCUT2D eigenvalue weighted by molar-refractivity contribution is 5.60. The molecule has 0 amide bonds. The minimum Gasteiger partial charge on any atom is -0.434 e. The molecule has 0 spiro atoms. The molecule has 0 fully saturated rings. The summed E-state index contributed by atoms with van der Waals surface area (Å²) in [6, 6.07) is 0. The van der Waals surface area contributed by atoms with Gasteiger partial charge in [0.25, 0.3) is 0 Å². The van der Waals surface area contributed by atoms with Crippen LogP contribution in [0.4, 0.5) is 4.79 Å². The van der Waals surface area contributed by atoms with Crippen molar-refractivity contribution in [2.24, 2.45) is 0 Å². The Labute approximate surface area is 61.3 Å². The number of carbonyl (C=O) groups is 1. The van der Waals surface area contributed by atoms with Gasteiger partial charge >= 0.3 is 6.16 Å². The fraction of sp³-hybridized carbons (Fsp3) is 0.714. The molecule has 0 unspecified atom stereocenters. The van der Waals surface area contributed by atoms with Crippen molar-refractivity contribution in [2.45, 2.75) is 26.4 Å². The second kappa shape index (κ2) is 5.09. The molecule has 1 atom stereocenters. The summed E-state index contributed by atoms with van der Waals surface area (Å²) in [6.45, 7) is 7.46. The van der Waals surface area contributed by atoms with Gasteiger partial charge in [-0.1, -0.05) is 6.92 Å². The monoisotopic (exact) mass is 145 g/mol. The summed E-state index contributed by atoms with van der Waals surface area (Å²) in [6.07, 6.45) is -0.172. The van der Waals surface area contributed by atoms with Gasteiger partial charge in [-0.3, -0.25) is 0 Å². The highest BCUT2D eigenvalue weighted by Gasteiger charge is 2.04. The average molecular weight is 145 g/mol. The van der Waals surface area contributed by atoms with Crippen molar-refractivity contribution in [3.63, 3.8) is 0 Å². The molecule has 0 aliphatic heterocycles. The van der Waals surface area contributed by atoms with E-state index in [0.717, 1.165) is 6.42 Å². The Hall–Kier alpha value is -0.730. The topological polar surface area (TPSA) is 35.5 Å². The van der Waals surface area contributed by atoms with E-state index in [1.165, 1.54) is 0 Å². The van der Waals surface area contributed by atoms with Crippen molar-refractivity contribution in [1.82, 2.24) is 0 Å². The maximum Gasteiger partial charge on any atom is 0.508 e. The minimum absolute atomic E-state index is 0.343. The van der Waals surface area contributed by atoms with Gasteiger partial charge in [-0.2, -0.15) is 0 Å². The van der Waals surface area contributed by atoms with Crippen LogP contribution >= 0.6 is 0 Å². The van der Waals surface area contributed by atoms with Crippen molar-refractivity contribution >= 4 is 6.16 Å². The van der Waals surface area contributed by atoms with Gasteiger partial charge in [0.15, 0.2) is 0 Å². The van der Waals surface area contributed by atoms with E-state index in [1.54, 1.807) is 6.92 Å². The number of rotatable bonds is 3. The zero-order chi connectivity index (χ0) is 7.98. The van der Waals surface area contributed by atoms with Gasteiger partial charge in [0.05, 0.1) is 6.61 Å². The molecule has 3 heteroatoms. The smallest absolute Gasteiger partial charge is 0.434 e. The molecule has 0 N–H and O–H groups in total. The minimum atomic E-state index is -0.635. The third-order valence-electron chi connectivity index (χ3n) is 0.721. The van der Waals surface area contributed by atoms with E-state index in [0.29, 0.717) is 6.61 Å². The van der Waals surface area contributed by atoms with Gasteiger partial charge in [-0.15, -0.1) is 0 Å². The van der Waals surface area contributed by atoms with Crippen LogP contribution in [0.25, 0.3) is 0 Å². The predicted octanol–water partition coefficient (Wildman–Crippen LogP) is 1.77. The molecule has 3 nitrogen and oxygen atoms in total. The zero-order valence-electron chi connectivity index (χ0n) is 6.42. The van der Waals surface area contributed by atoms with Crippen LogP contribution in [-0.2, 0) is 9.47 Å². The Kier molecular flexibility index (Phi) is 4.72. The molecule has 0 aliphatic rings. The Morgan fingerprint density at radius 1 is 1.70 bits per heavy atom. The number of hydrogen-bond acceptors (Lipinski definition) is 3. The molecule has 0 saturated heterocycles. The van der Waals surface area contributed by atoms with Crippen LogP contribution in [0.5, 0.6) is 0 Å². The van der Waals surface area contributed by atoms with Crippen LogP contribution in [0.3, 0.4) is 0 Å². The summed E-state index contributed by atoms with van der Waals surface area (Å²) >= 11 is 0. The van der Waals surface area contributed by atoms with Gasteiger partial charge in [-0.25, -0.2) is 4.79 Å². The molecule has 0 aliphatic carbocycles. The molecular formula is C7H13O3. The number of ether oxygens (including phenoxy) is 2. The lowest BCUT2D eigenvalue weighted by atomic mass is 10.5. The van der Waals surface area contributed by atoms with Crippen LogP contribution in [0.1, 0.15) is 20.3 Å². The van der Waals surface area contributed by atoms with Gasteiger partial charge in [0.2, 0.25) is 0 Å². The third-order valence-corrected chi connectivity index (χ3v) is 0.721. The van der Waals surface area contributed by atoms with Crippen molar-refractivity contribution < 1.29 is 14.3 Å². The summed E-state index contributed by atoms with van der Waals surface area (Å²) in [5.41, 5.74) is 0.